The van der Waals surface area contributed by atoms with Crippen molar-refractivity contribution in [2.45, 2.75) is 38.4 Å². The fourth-order valence-electron chi connectivity index (χ4n) is 1.94. The highest BCUT2D eigenvalue weighted by molar-refractivity contribution is 5.91. The van der Waals surface area contributed by atoms with E-state index in [-0.39, 0.29) is 18.0 Å². The van der Waals surface area contributed by atoms with Crippen LogP contribution in [0.25, 0.3) is 0 Å². The number of aliphatic hydroxyl groups is 1. The van der Waals surface area contributed by atoms with Crippen LogP contribution < -0.4 is 15.4 Å². The van der Waals surface area contributed by atoms with E-state index in [9.17, 15) is 23.1 Å². The maximum absolute atomic E-state index is 12.2. The summed E-state index contributed by atoms with van der Waals surface area (Å²) >= 11 is 0. The Hall–Kier alpha value is -1.96. The van der Waals surface area contributed by atoms with Crippen LogP contribution in [0.3, 0.4) is 0 Å². The first-order valence-corrected chi connectivity index (χ1v) is 7.24. The fraction of sp³-hybridized carbons (Fsp3) is 0.533. The molecule has 0 radical (unpaired) electrons. The number of benzene rings is 1. The Morgan fingerprint density at radius 1 is 1.22 bits per heavy atom. The summed E-state index contributed by atoms with van der Waals surface area (Å²) in [5, 5.41) is 14.5. The second-order valence-electron chi connectivity index (χ2n) is 5.12. The number of alkyl halides is 3. The molecule has 0 atom stereocenters. The van der Waals surface area contributed by atoms with Crippen molar-refractivity contribution in [1.82, 2.24) is 5.32 Å². The van der Waals surface area contributed by atoms with Gasteiger partial charge in [0.15, 0.2) is 6.61 Å². The Balaban J connectivity index is 2.78. The Labute approximate surface area is 132 Å². The van der Waals surface area contributed by atoms with Gasteiger partial charge in [-0.15, -0.1) is 0 Å². The molecular weight excluding hydrogens is 313 g/mol. The summed E-state index contributed by atoms with van der Waals surface area (Å²) in [6, 6.07) is 5.22. The molecule has 2 amide bonds. The van der Waals surface area contributed by atoms with Crippen molar-refractivity contribution in [3.05, 3.63) is 24.3 Å². The van der Waals surface area contributed by atoms with Gasteiger partial charge in [0.25, 0.3) is 0 Å². The zero-order valence-electron chi connectivity index (χ0n) is 13.0. The zero-order chi connectivity index (χ0) is 17.5. The number of urea groups is 1. The molecule has 0 aliphatic heterocycles. The Morgan fingerprint density at radius 2 is 1.83 bits per heavy atom. The predicted molar refractivity (Wildman–Crippen MR) is 80.5 cm³/mol. The van der Waals surface area contributed by atoms with Crippen LogP contribution >= 0.6 is 0 Å². The number of anilines is 1. The minimum Gasteiger partial charge on any atom is -0.482 e. The van der Waals surface area contributed by atoms with Gasteiger partial charge in [0, 0.05) is 0 Å². The summed E-state index contributed by atoms with van der Waals surface area (Å²) in [5.41, 5.74) is -0.653. The van der Waals surface area contributed by atoms with E-state index >= 15 is 0 Å². The molecule has 0 fully saturated rings. The molecule has 0 unspecified atom stereocenters. The summed E-state index contributed by atoms with van der Waals surface area (Å²) in [7, 11) is 0. The minimum absolute atomic E-state index is 0.0810. The van der Waals surface area contributed by atoms with Gasteiger partial charge in [0.1, 0.15) is 5.75 Å². The van der Waals surface area contributed by atoms with Crippen LogP contribution in [0.15, 0.2) is 24.3 Å². The third kappa shape index (κ3) is 5.97. The van der Waals surface area contributed by atoms with E-state index in [1.807, 2.05) is 13.8 Å². The van der Waals surface area contributed by atoms with Crippen LogP contribution in [0.1, 0.15) is 26.7 Å². The number of aliphatic hydroxyl groups excluding tert-OH is 1. The van der Waals surface area contributed by atoms with Gasteiger partial charge in [-0.05, 0) is 25.0 Å². The average molecular weight is 334 g/mol. The maximum Gasteiger partial charge on any atom is 0.422 e. The van der Waals surface area contributed by atoms with E-state index in [1.54, 1.807) is 6.07 Å². The van der Waals surface area contributed by atoms with Gasteiger partial charge in [-0.3, -0.25) is 0 Å². The summed E-state index contributed by atoms with van der Waals surface area (Å²) < 4.78 is 41.4. The fourth-order valence-corrected chi connectivity index (χ4v) is 1.94. The number of para-hydroxylation sites is 2. The smallest absolute Gasteiger partial charge is 0.422 e. The number of rotatable bonds is 7. The largest absolute Gasteiger partial charge is 0.482 e. The molecule has 0 aromatic heterocycles. The van der Waals surface area contributed by atoms with E-state index in [4.69, 9.17) is 4.74 Å². The van der Waals surface area contributed by atoms with Crippen LogP contribution in [0.5, 0.6) is 5.75 Å². The van der Waals surface area contributed by atoms with E-state index < -0.39 is 24.4 Å². The third-order valence-corrected chi connectivity index (χ3v) is 3.56. The Morgan fingerprint density at radius 3 is 2.35 bits per heavy atom. The monoisotopic (exact) mass is 334 g/mol. The highest BCUT2D eigenvalue weighted by Gasteiger charge is 2.29. The first-order valence-electron chi connectivity index (χ1n) is 7.24. The van der Waals surface area contributed by atoms with Crippen molar-refractivity contribution >= 4 is 11.7 Å². The van der Waals surface area contributed by atoms with Crippen molar-refractivity contribution < 1.29 is 27.8 Å². The molecule has 1 rings (SSSR count). The van der Waals surface area contributed by atoms with Gasteiger partial charge in [0.05, 0.1) is 17.8 Å². The summed E-state index contributed by atoms with van der Waals surface area (Å²) in [6.07, 6.45) is -3.44. The molecule has 3 N–H and O–H groups in total. The van der Waals surface area contributed by atoms with E-state index in [0.29, 0.717) is 12.8 Å². The third-order valence-electron chi connectivity index (χ3n) is 3.56. The Bertz CT molecular complexity index is 509. The molecular formula is C15H21F3N2O3. The van der Waals surface area contributed by atoms with Crippen molar-refractivity contribution in [1.29, 1.82) is 0 Å². The number of carbonyl (C=O) groups excluding carboxylic acids is 1. The van der Waals surface area contributed by atoms with Crippen molar-refractivity contribution in [3.8, 4) is 5.75 Å². The number of halogens is 3. The molecule has 1 aromatic carbocycles. The number of amides is 2. The predicted octanol–water partition coefficient (Wildman–Crippen LogP) is 3.30. The molecule has 0 saturated heterocycles. The van der Waals surface area contributed by atoms with E-state index in [2.05, 4.69) is 10.6 Å². The molecule has 0 heterocycles. The lowest BCUT2D eigenvalue weighted by atomic mass is 9.94. The van der Waals surface area contributed by atoms with Gasteiger partial charge < -0.3 is 20.5 Å². The van der Waals surface area contributed by atoms with Crippen molar-refractivity contribution in [3.63, 3.8) is 0 Å². The highest BCUT2D eigenvalue weighted by atomic mass is 19.4. The van der Waals surface area contributed by atoms with E-state index in [0.717, 1.165) is 0 Å². The number of carbonyl (C=O) groups is 1. The van der Waals surface area contributed by atoms with Crippen LogP contribution in [0, 0.1) is 0 Å². The number of nitrogens with one attached hydrogen (secondary N) is 2. The lowest BCUT2D eigenvalue weighted by molar-refractivity contribution is -0.153. The second kappa shape index (κ2) is 8.05. The molecule has 0 aliphatic rings. The molecule has 0 bridgehead atoms. The first-order chi connectivity index (χ1) is 10.7. The molecule has 0 spiro atoms. The lowest BCUT2D eigenvalue weighted by Gasteiger charge is -2.30. The van der Waals surface area contributed by atoms with Gasteiger partial charge in [0.2, 0.25) is 0 Å². The van der Waals surface area contributed by atoms with Gasteiger partial charge >= 0.3 is 12.2 Å². The molecule has 23 heavy (non-hydrogen) atoms. The van der Waals surface area contributed by atoms with Gasteiger partial charge in [-0.1, -0.05) is 26.0 Å². The second-order valence-corrected chi connectivity index (χ2v) is 5.12. The summed E-state index contributed by atoms with van der Waals surface area (Å²) in [4.78, 5) is 12.0. The van der Waals surface area contributed by atoms with Gasteiger partial charge in [-0.25, -0.2) is 4.79 Å². The molecule has 130 valence electrons. The lowest BCUT2D eigenvalue weighted by Crippen LogP contribution is -2.52. The zero-order valence-corrected chi connectivity index (χ0v) is 13.0. The quantitative estimate of drug-likeness (QED) is 0.716. The summed E-state index contributed by atoms with van der Waals surface area (Å²) in [6.45, 7) is 1.96. The SMILES string of the molecule is CCC(CC)(CO)NC(=O)Nc1ccccc1OCC(F)(F)F. The van der Waals surface area contributed by atoms with Crippen LogP contribution in [-0.2, 0) is 0 Å². The number of hydrogen-bond acceptors (Lipinski definition) is 3. The Kier molecular flexibility index (Phi) is 6.68. The highest BCUT2D eigenvalue weighted by Crippen LogP contribution is 2.26. The van der Waals surface area contributed by atoms with Crippen molar-refractivity contribution in [2.24, 2.45) is 0 Å². The molecule has 5 nitrogen and oxygen atoms in total. The molecule has 1 aromatic rings. The maximum atomic E-state index is 12.2. The van der Waals surface area contributed by atoms with E-state index in [1.165, 1.54) is 18.2 Å². The standard InChI is InChI=1S/C15H21F3N2O3/c1-3-14(4-2,9-21)20-13(22)19-11-7-5-6-8-12(11)23-10-15(16,17)18/h5-8,21H,3-4,9-10H2,1-2H3,(H2,19,20,22). The number of hydrogen-bond donors (Lipinski definition) is 3. The molecule has 8 heteroatoms. The average Bonchev–Trinajstić information content (AvgIpc) is 2.51. The topological polar surface area (TPSA) is 70.6 Å². The minimum atomic E-state index is -4.47. The normalized spacial score (nSPS) is 11.9. The number of ether oxygens (including phenoxy) is 1. The molecule has 0 saturated carbocycles. The first kappa shape index (κ1) is 19.1. The molecule has 0 aliphatic carbocycles. The van der Waals surface area contributed by atoms with Crippen LogP contribution in [0.4, 0.5) is 23.7 Å². The van der Waals surface area contributed by atoms with Gasteiger partial charge in [-0.2, -0.15) is 13.2 Å². The van der Waals surface area contributed by atoms with Crippen molar-refractivity contribution in [2.75, 3.05) is 18.5 Å². The van der Waals surface area contributed by atoms with Crippen LogP contribution in [-0.4, -0.2) is 36.1 Å². The summed E-state index contributed by atoms with van der Waals surface area (Å²) in [5.74, 6) is -0.0810. The van der Waals surface area contributed by atoms with Crippen LogP contribution in [0.2, 0.25) is 0 Å².